The topological polar surface area (TPSA) is 97.0 Å². The molecule has 0 aliphatic carbocycles. The van der Waals surface area contributed by atoms with Crippen molar-refractivity contribution in [2.45, 2.75) is 26.3 Å². The van der Waals surface area contributed by atoms with Gasteiger partial charge in [-0.25, -0.2) is 4.98 Å². The van der Waals surface area contributed by atoms with Crippen LogP contribution >= 0.6 is 0 Å². The first-order valence-electron chi connectivity index (χ1n) is 11.4. The fourth-order valence-electron chi connectivity index (χ4n) is 4.24. The van der Waals surface area contributed by atoms with Gasteiger partial charge in [0, 0.05) is 49.7 Å². The highest BCUT2D eigenvalue weighted by Crippen LogP contribution is 2.32. The van der Waals surface area contributed by atoms with E-state index in [4.69, 9.17) is 4.52 Å². The molecule has 4 heterocycles. The van der Waals surface area contributed by atoms with Crippen LogP contribution in [0.1, 0.15) is 24.0 Å². The summed E-state index contributed by atoms with van der Waals surface area (Å²) in [5.41, 5.74) is 3.90. The third-order valence-corrected chi connectivity index (χ3v) is 6.10. The zero-order valence-corrected chi connectivity index (χ0v) is 19.0. The second-order valence-electron chi connectivity index (χ2n) is 8.50. The minimum absolute atomic E-state index is 0.0124. The minimum Gasteiger partial charge on any atom is -0.356 e. The van der Waals surface area contributed by atoms with E-state index in [0.717, 1.165) is 54.0 Å². The van der Waals surface area contributed by atoms with E-state index in [1.807, 2.05) is 55.5 Å². The number of aryl methyl sites for hydroxylation is 1. The molecule has 34 heavy (non-hydrogen) atoms. The Bertz CT molecular complexity index is 1270. The molecule has 1 aliphatic heterocycles. The van der Waals surface area contributed by atoms with E-state index in [1.54, 1.807) is 18.6 Å². The van der Waals surface area contributed by atoms with Gasteiger partial charge in [0.1, 0.15) is 5.82 Å². The van der Waals surface area contributed by atoms with Crippen molar-refractivity contribution in [2.24, 2.45) is 5.92 Å². The maximum absolute atomic E-state index is 12.7. The zero-order chi connectivity index (χ0) is 23.3. The van der Waals surface area contributed by atoms with Crippen LogP contribution in [0.3, 0.4) is 0 Å². The number of amides is 1. The van der Waals surface area contributed by atoms with Gasteiger partial charge in [-0.1, -0.05) is 28.9 Å². The van der Waals surface area contributed by atoms with Gasteiger partial charge in [-0.3, -0.25) is 9.78 Å². The lowest BCUT2D eigenvalue weighted by Crippen LogP contribution is -2.40. The molecule has 4 aromatic rings. The highest BCUT2D eigenvalue weighted by Gasteiger charge is 2.27. The summed E-state index contributed by atoms with van der Waals surface area (Å²) in [4.78, 5) is 28.1. The maximum Gasteiger partial charge on any atom is 0.261 e. The Labute approximate surface area is 198 Å². The molecule has 0 radical (unpaired) electrons. The van der Waals surface area contributed by atoms with Crippen molar-refractivity contribution in [1.29, 1.82) is 0 Å². The van der Waals surface area contributed by atoms with Crippen LogP contribution in [0.2, 0.25) is 0 Å². The first kappa shape index (κ1) is 21.8. The lowest BCUT2D eigenvalue weighted by atomic mass is 9.95. The highest BCUT2D eigenvalue weighted by atomic mass is 16.5. The summed E-state index contributed by atoms with van der Waals surface area (Å²) in [6.45, 7) is 4.02. The van der Waals surface area contributed by atoms with Crippen LogP contribution < -0.4 is 10.2 Å². The number of hydrogen-bond donors (Lipinski definition) is 1. The Morgan fingerprint density at radius 2 is 1.91 bits per heavy atom. The van der Waals surface area contributed by atoms with Crippen LogP contribution in [0.25, 0.3) is 22.8 Å². The van der Waals surface area contributed by atoms with E-state index in [0.29, 0.717) is 18.3 Å². The molecule has 1 aromatic carbocycles. The molecule has 0 bridgehead atoms. The summed E-state index contributed by atoms with van der Waals surface area (Å²) in [6.07, 6.45) is 6.76. The summed E-state index contributed by atoms with van der Waals surface area (Å²) < 4.78 is 5.61. The Morgan fingerprint density at radius 3 is 2.71 bits per heavy atom. The van der Waals surface area contributed by atoms with Crippen molar-refractivity contribution in [3.8, 4) is 22.8 Å². The summed E-state index contributed by atoms with van der Waals surface area (Å²) in [5, 5.41) is 7.23. The van der Waals surface area contributed by atoms with Crippen molar-refractivity contribution in [2.75, 3.05) is 18.0 Å². The van der Waals surface area contributed by atoms with Crippen LogP contribution in [0, 0.1) is 12.8 Å². The maximum atomic E-state index is 12.7. The van der Waals surface area contributed by atoms with Gasteiger partial charge in [0.2, 0.25) is 11.7 Å². The molecular formula is C26H26N6O2. The van der Waals surface area contributed by atoms with E-state index >= 15 is 0 Å². The molecule has 5 rings (SSSR count). The molecule has 1 fully saturated rings. The van der Waals surface area contributed by atoms with Gasteiger partial charge in [-0.05, 0) is 55.7 Å². The average molecular weight is 455 g/mol. The van der Waals surface area contributed by atoms with Crippen LogP contribution in [0.5, 0.6) is 0 Å². The number of carbonyl (C=O) groups excluding carboxylic acids is 1. The van der Waals surface area contributed by atoms with Crippen LogP contribution in [0.15, 0.2) is 71.6 Å². The fraction of sp³-hybridized carbons (Fsp3) is 0.269. The number of nitrogens with zero attached hydrogens (tertiary/aromatic N) is 5. The Morgan fingerprint density at radius 1 is 1.09 bits per heavy atom. The normalized spacial score (nSPS) is 14.2. The number of anilines is 1. The number of hydrogen-bond acceptors (Lipinski definition) is 7. The molecule has 8 nitrogen and oxygen atoms in total. The Kier molecular flexibility index (Phi) is 6.29. The standard InChI is InChI=1S/C26H26N6O2/c1-18-4-2-5-21(16-18)23-30-26(34-31-23)22-6-3-11-28-24(22)32-14-9-20(10-15-32)25(33)29-17-19-7-12-27-13-8-19/h2-8,11-13,16,20H,9-10,14-15,17H2,1H3,(H,29,33). The van der Waals surface area contributed by atoms with Crippen LogP contribution in [-0.4, -0.2) is 39.1 Å². The lowest BCUT2D eigenvalue weighted by molar-refractivity contribution is -0.125. The highest BCUT2D eigenvalue weighted by molar-refractivity contribution is 5.79. The van der Waals surface area contributed by atoms with Gasteiger partial charge in [0.15, 0.2) is 0 Å². The molecule has 3 aromatic heterocycles. The molecule has 1 aliphatic rings. The van der Waals surface area contributed by atoms with Crippen LogP contribution in [-0.2, 0) is 11.3 Å². The van der Waals surface area contributed by atoms with Gasteiger partial charge in [0.05, 0.1) is 5.56 Å². The zero-order valence-electron chi connectivity index (χ0n) is 19.0. The SMILES string of the molecule is Cc1cccc(-c2noc(-c3cccnc3N3CCC(C(=O)NCc4ccncc4)CC3)n2)c1. The first-order valence-corrected chi connectivity index (χ1v) is 11.4. The van der Waals surface area contributed by atoms with Gasteiger partial charge < -0.3 is 14.7 Å². The number of benzene rings is 1. The summed E-state index contributed by atoms with van der Waals surface area (Å²) in [5.74, 6) is 1.88. The quantitative estimate of drug-likeness (QED) is 0.470. The predicted octanol–water partition coefficient (Wildman–Crippen LogP) is 4.03. The number of carbonyl (C=O) groups is 1. The third kappa shape index (κ3) is 4.80. The fourth-order valence-corrected chi connectivity index (χ4v) is 4.24. The smallest absolute Gasteiger partial charge is 0.261 e. The van der Waals surface area contributed by atoms with E-state index < -0.39 is 0 Å². The van der Waals surface area contributed by atoms with E-state index in [2.05, 4.69) is 30.3 Å². The molecule has 1 amide bonds. The van der Waals surface area contributed by atoms with Crippen molar-refractivity contribution >= 4 is 11.7 Å². The molecule has 1 saturated heterocycles. The molecule has 8 heteroatoms. The average Bonchev–Trinajstić information content (AvgIpc) is 3.38. The van der Waals surface area contributed by atoms with Gasteiger partial charge >= 0.3 is 0 Å². The summed E-state index contributed by atoms with van der Waals surface area (Å²) >= 11 is 0. The monoisotopic (exact) mass is 454 g/mol. The number of rotatable bonds is 6. The van der Waals surface area contributed by atoms with E-state index in [1.165, 1.54) is 0 Å². The second-order valence-corrected chi connectivity index (χ2v) is 8.50. The van der Waals surface area contributed by atoms with Crippen molar-refractivity contribution in [1.82, 2.24) is 25.4 Å². The van der Waals surface area contributed by atoms with Crippen molar-refractivity contribution in [3.63, 3.8) is 0 Å². The van der Waals surface area contributed by atoms with Gasteiger partial charge in [-0.15, -0.1) is 0 Å². The summed E-state index contributed by atoms with van der Waals surface area (Å²) in [7, 11) is 0. The number of aromatic nitrogens is 4. The van der Waals surface area contributed by atoms with E-state index in [-0.39, 0.29) is 11.8 Å². The molecule has 172 valence electrons. The summed E-state index contributed by atoms with van der Waals surface area (Å²) in [6, 6.07) is 15.7. The number of piperidine rings is 1. The minimum atomic E-state index is -0.0124. The third-order valence-electron chi connectivity index (χ3n) is 6.10. The molecular weight excluding hydrogens is 428 g/mol. The second kappa shape index (κ2) is 9.82. The molecule has 0 saturated carbocycles. The van der Waals surface area contributed by atoms with Gasteiger partial charge in [0.25, 0.3) is 5.89 Å². The Balaban J connectivity index is 1.25. The molecule has 0 atom stereocenters. The van der Waals surface area contributed by atoms with E-state index in [9.17, 15) is 4.79 Å². The molecule has 0 spiro atoms. The number of nitrogens with one attached hydrogen (secondary N) is 1. The molecule has 0 unspecified atom stereocenters. The van der Waals surface area contributed by atoms with Gasteiger partial charge in [-0.2, -0.15) is 4.98 Å². The van der Waals surface area contributed by atoms with Crippen molar-refractivity contribution in [3.05, 3.63) is 78.2 Å². The predicted molar refractivity (Wildman–Crippen MR) is 129 cm³/mol. The first-order chi connectivity index (χ1) is 16.7. The van der Waals surface area contributed by atoms with Crippen molar-refractivity contribution < 1.29 is 9.32 Å². The largest absolute Gasteiger partial charge is 0.356 e. The number of pyridine rings is 2. The Hall–Kier alpha value is -4.07. The van der Waals surface area contributed by atoms with Crippen LogP contribution in [0.4, 0.5) is 5.82 Å². The molecule has 1 N–H and O–H groups in total. The lowest BCUT2D eigenvalue weighted by Gasteiger charge is -2.32.